The van der Waals surface area contributed by atoms with Gasteiger partial charge in [0.05, 0.1) is 6.04 Å². The van der Waals surface area contributed by atoms with Gasteiger partial charge < -0.3 is 5.11 Å². The van der Waals surface area contributed by atoms with Crippen molar-refractivity contribution >= 4 is 5.78 Å². The van der Waals surface area contributed by atoms with E-state index in [2.05, 4.69) is 0 Å². The van der Waals surface area contributed by atoms with E-state index < -0.39 is 24.9 Å². The predicted molar refractivity (Wildman–Crippen MR) is 52.0 cm³/mol. The second-order valence-corrected chi connectivity index (χ2v) is 4.17. The van der Waals surface area contributed by atoms with Gasteiger partial charge in [-0.1, -0.05) is 6.42 Å². The summed E-state index contributed by atoms with van der Waals surface area (Å²) in [5.74, 6) is -0.130. The van der Waals surface area contributed by atoms with Gasteiger partial charge in [0.25, 0.3) is 0 Å². The molecule has 1 heterocycles. The van der Waals surface area contributed by atoms with Gasteiger partial charge >= 0.3 is 6.18 Å². The monoisotopic (exact) mass is 239 g/mol. The third kappa shape index (κ3) is 3.45. The molecule has 0 spiro atoms. The maximum atomic E-state index is 12.2. The molecule has 2 atom stereocenters. The van der Waals surface area contributed by atoms with Crippen LogP contribution in [0.3, 0.4) is 0 Å². The number of halogens is 3. The number of hydrogen-bond acceptors (Lipinski definition) is 3. The topological polar surface area (TPSA) is 40.5 Å². The molecule has 3 nitrogen and oxygen atoms in total. The molecule has 0 aliphatic carbocycles. The Kier molecular flexibility index (Phi) is 4.32. The molecule has 1 aliphatic heterocycles. The van der Waals surface area contributed by atoms with Crippen LogP contribution in [0.2, 0.25) is 0 Å². The van der Waals surface area contributed by atoms with Crippen LogP contribution in [0, 0.1) is 0 Å². The fourth-order valence-corrected chi connectivity index (χ4v) is 2.00. The molecule has 1 N–H and O–H groups in total. The zero-order valence-corrected chi connectivity index (χ0v) is 9.13. The molecular formula is C10H16F3NO2. The van der Waals surface area contributed by atoms with E-state index in [1.54, 1.807) is 0 Å². The molecule has 1 aliphatic rings. The van der Waals surface area contributed by atoms with E-state index in [0.717, 1.165) is 12.8 Å². The summed E-state index contributed by atoms with van der Waals surface area (Å²) < 4.78 is 36.5. The second kappa shape index (κ2) is 5.14. The van der Waals surface area contributed by atoms with Gasteiger partial charge in [-0.05, 0) is 26.3 Å². The van der Waals surface area contributed by atoms with E-state index in [4.69, 9.17) is 5.11 Å². The molecule has 0 saturated carbocycles. The molecule has 0 aromatic rings. The highest BCUT2D eigenvalue weighted by Gasteiger charge is 2.41. The van der Waals surface area contributed by atoms with Crippen molar-refractivity contribution in [2.45, 2.75) is 44.5 Å². The van der Waals surface area contributed by atoms with E-state index in [-0.39, 0.29) is 5.78 Å². The number of alkyl halides is 3. The van der Waals surface area contributed by atoms with Crippen LogP contribution in [-0.4, -0.2) is 47.2 Å². The summed E-state index contributed by atoms with van der Waals surface area (Å²) >= 11 is 0. The number of Topliss-reactive ketones (excluding diaryl/α,β-unsaturated/α-hetero) is 1. The van der Waals surface area contributed by atoms with Crippen molar-refractivity contribution in [3.8, 4) is 0 Å². The maximum Gasteiger partial charge on any atom is 0.415 e. The summed E-state index contributed by atoms with van der Waals surface area (Å²) in [7, 11) is 0. The summed E-state index contributed by atoms with van der Waals surface area (Å²) in [4.78, 5) is 12.7. The first-order valence-electron chi connectivity index (χ1n) is 5.31. The summed E-state index contributed by atoms with van der Waals surface area (Å²) in [6, 6.07) is -0.467. The van der Waals surface area contributed by atoms with Gasteiger partial charge in [-0.2, -0.15) is 13.2 Å². The Balaban J connectivity index is 2.59. The molecular weight excluding hydrogens is 223 g/mol. The number of aliphatic hydroxyl groups is 1. The van der Waals surface area contributed by atoms with Crippen LogP contribution >= 0.6 is 0 Å². The number of likely N-dealkylation sites (tertiary alicyclic amines) is 1. The Morgan fingerprint density at radius 2 is 2.12 bits per heavy atom. The summed E-state index contributed by atoms with van der Waals surface area (Å²) in [5.41, 5.74) is 0. The van der Waals surface area contributed by atoms with E-state index in [0.29, 0.717) is 13.0 Å². The molecule has 1 fully saturated rings. The minimum Gasteiger partial charge on any atom is -0.382 e. The Bertz CT molecular complexity index is 255. The third-order valence-corrected chi connectivity index (χ3v) is 2.87. The molecule has 0 radical (unpaired) electrons. The molecule has 16 heavy (non-hydrogen) atoms. The number of nitrogens with zero attached hydrogens (tertiary/aromatic N) is 1. The van der Waals surface area contributed by atoms with E-state index in [1.807, 2.05) is 0 Å². The van der Waals surface area contributed by atoms with Crippen LogP contribution in [0.15, 0.2) is 0 Å². The predicted octanol–water partition coefficient (Wildman–Crippen LogP) is 1.35. The van der Waals surface area contributed by atoms with Crippen molar-refractivity contribution < 1.29 is 23.1 Å². The molecule has 94 valence electrons. The fourth-order valence-electron chi connectivity index (χ4n) is 2.00. The van der Waals surface area contributed by atoms with Crippen molar-refractivity contribution in [2.24, 2.45) is 0 Å². The van der Waals surface area contributed by atoms with Gasteiger partial charge in [-0.3, -0.25) is 9.69 Å². The van der Waals surface area contributed by atoms with Crippen LogP contribution in [0.4, 0.5) is 13.2 Å². The average Bonchev–Trinajstić information content (AvgIpc) is 2.16. The molecule has 1 saturated heterocycles. The SMILES string of the molecule is CC(=O)C1CCCCN1CC(O)C(F)(F)F. The van der Waals surface area contributed by atoms with Gasteiger partial charge in [0.2, 0.25) is 0 Å². The lowest BCUT2D eigenvalue weighted by Gasteiger charge is -2.35. The highest BCUT2D eigenvalue weighted by molar-refractivity contribution is 5.81. The molecule has 0 aromatic heterocycles. The van der Waals surface area contributed by atoms with Crippen LogP contribution < -0.4 is 0 Å². The fraction of sp³-hybridized carbons (Fsp3) is 0.900. The second-order valence-electron chi connectivity index (χ2n) is 4.17. The van der Waals surface area contributed by atoms with Gasteiger partial charge in [0, 0.05) is 6.54 Å². The minimum atomic E-state index is -4.61. The number of hydrogen-bond donors (Lipinski definition) is 1. The summed E-state index contributed by atoms with van der Waals surface area (Å²) in [5, 5.41) is 8.96. The number of rotatable bonds is 3. The lowest BCUT2D eigenvalue weighted by molar-refractivity contribution is -0.210. The van der Waals surface area contributed by atoms with Gasteiger partial charge in [-0.25, -0.2) is 0 Å². The number of carbonyl (C=O) groups is 1. The first-order valence-corrected chi connectivity index (χ1v) is 5.31. The van der Waals surface area contributed by atoms with Gasteiger partial charge in [0.1, 0.15) is 5.78 Å². The summed E-state index contributed by atoms with van der Waals surface area (Å²) in [6.45, 7) is 1.31. The van der Waals surface area contributed by atoms with Crippen molar-refractivity contribution in [2.75, 3.05) is 13.1 Å². The first-order chi connectivity index (χ1) is 7.32. The minimum absolute atomic E-state index is 0.130. The molecule has 0 amide bonds. The molecule has 0 bridgehead atoms. The maximum absolute atomic E-state index is 12.2. The smallest absolute Gasteiger partial charge is 0.382 e. The van der Waals surface area contributed by atoms with Crippen molar-refractivity contribution in [3.63, 3.8) is 0 Å². The molecule has 2 unspecified atom stereocenters. The van der Waals surface area contributed by atoms with E-state index in [1.165, 1.54) is 11.8 Å². The largest absolute Gasteiger partial charge is 0.415 e. The van der Waals surface area contributed by atoms with Crippen LogP contribution in [0.1, 0.15) is 26.2 Å². The van der Waals surface area contributed by atoms with Crippen molar-refractivity contribution in [1.29, 1.82) is 0 Å². The van der Waals surface area contributed by atoms with Crippen LogP contribution in [0.25, 0.3) is 0 Å². The number of ketones is 1. The van der Waals surface area contributed by atoms with Crippen molar-refractivity contribution in [1.82, 2.24) is 4.90 Å². The van der Waals surface area contributed by atoms with E-state index >= 15 is 0 Å². The lowest BCUT2D eigenvalue weighted by Crippen LogP contribution is -2.50. The number of piperidine rings is 1. The van der Waals surface area contributed by atoms with Crippen LogP contribution in [0.5, 0.6) is 0 Å². The Morgan fingerprint density at radius 3 is 2.62 bits per heavy atom. The first kappa shape index (κ1) is 13.4. The molecule has 1 rings (SSSR count). The Hall–Kier alpha value is -0.620. The zero-order chi connectivity index (χ0) is 12.3. The lowest BCUT2D eigenvalue weighted by atomic mass is 9.98. The number of β-amino-alcohol motifs (C(OH)–C–C–N with tert-alkyl or cyclic N) is 1. The summed E-state index contributed by atoms with van der Waals surface area (Å²) in [6.07, 6.45) is -4.77. The quantitative estimate of drug-likeness (QED) is 0.808. The van der Waals surface area contributed by atoms with Gasteiger partial charge in [-0.15, -0.1) is 0 Å². The van der Waals surface area contributed by atoms with Crippen LogP contribution in [-0.2, 0) is 4.79 Å². The Morgan fingerprint density at radius 1 is 1.50 bits per heavy atom. The number of carbonyl (C=O) groups excluding carboxylic acids is 1. The van der Waals surface area contributed by atoms with Crippen molar-refractivity contribution in [3.05, 3.63) is 0 Å². The third-order valence-electron chi connectivity index (χ3n) is 2.87. The molecule has 0 aromatic carbocycles. The van der Waals surface area contributed by atoms with E-state index in [9.17, 15) is 18.0 Å². The standard InChI is InChI=1S/C10H16F3NO2/c1-7(15)8-4-2-3-5-14(8)6-9(16)10(11,12)13/h8-9,16H,2-6H2,1H3. The highest BCUT2D eigenvalue weighted by atomic mass is 19.4. The molecule has 6 heteroatoms. The highest BCUT2D eigenvalue weighted by Crippen LogP contribution is 2.24. The van der Waals surface area contributed by atoms with Gasteiger partial charge in [0.15, 0.2) is 6.10 Å². The average molecular weight is 239 g/mol. The number of aliphatic hydroxyl groups excluding tert-OH is 1. The normalized spacial score (nSPS) is 25.4. The zero-order valence-electron chi connectivity index (χ0n) is 9.13. The Labute approximate surface area is 92.2 Å².